The number of Topliss-reactive ketones (excluding diaryl/α,β-unsaturated/α-hetero) is 1. The Balaban J connectivity index is 1.68. The van der Waals surface area contributed by atoms with Crippen LogP contribution in [-0.2, 0) is 4.79 Å². The molecule has 6 nitrogen and oxygen atoms in total. The van der Waals surface area contributed by atoms with Crippen molar-refractivity contribution >= 4 is 29.0 Å². The number of rotatable bonds is 7. The smallest absolute Gasteiger partial charge is 0.255 e. The minimum absolute atomic E-state index is 0.128. The number of hydrogen-bond acceptors (Lipinski definition) is 5. The molecule has 148 valence electrons. The van der Waals surface area contributed by atoms with Crippen molar-refractivity contribution in [1.82, 2.24) is 10.2 Å². The standard InChI is InChI=1S/C20H28ClN3O3/c1-13(25)14(2)27-18-12-17(22)16(21)11-15(18)19(26)23-8-7-20-5-3-9-24(20)10-4-6-20/h11-12,14H,3-10,22H2,1-2H3,(H,23,26). The maximum absolute atomic E-state index is 12.8. The Hall–Kier alpha value is -1.79. The summed E-state index contributed by atoms with van der Waals surface area (Å²) in [5, 5.41) is 3.28. The fraction of sp³-hybridized carbons (Fsp3) is 0.600. The predicted molar refractivity (Wildman–Crippen MR) is 106 cm³/mol. The molecule has 2 aliphatic rings. The number of nitrogens with two attached hydrogens (primary N) is 1. The Bertz CT molecular complexity index is 727. The fourth-order valence-corrected chi connectivity index (χ4v) is 4.42. The average molecular weight is 394 g/mol. The highest BCUT2D eigenvalue weighted by Gasteiger charge is 2.43. The van der Waals surface area contributed by atoms with E-state index in [4.69, 9.17) is 22.1 Å². The largest absolute Gasteiger partial charge is 0.482 e. The molecule has 2 heterocycles. The van der Waals surface area contributed by atoms with Crippen molar-refractivity contribution in [1.29, 1.82) is 0 Å². The van der Waals surface area contributed by atoms with Gasteiger partial charge < -0.3 is 15.8 Å². The second-order valence-corrected chi connectivity index (χ2v) is 8.07. The van der Waals surface area contributed by atoms with E-state index in [1.807, 2.05) is 0 Å². The molecule has 0 radical (unpaired) electrons. The Morgan fingerprint density at radius 2 is 2.00 bits per heavy atom. The minimum atomic E-state index is -0.665. The van der Waals surface area contributed by atoms with Crippen LogP contribution in [0, 0.1) is 0 Å². The topological polar surface area (TPSA) is 84.7 Å². The lowest BCUT2D eigenvalue weighted by atomic mass is 9.90. The van der Waals surface area contributed by atoms with Crippen LogP contribution in [0.2, 0.25) is 5.02 Å². The third kappa shape index (κ3) is 4.22. The van der Waals surface area contributed by atoms with Gasteiger partial charge in [-0.1, -0.05) is 11.6 Å². The molecule has 1 atom stereocenters. The highest BCUT2D eigenvalue weighted by molar-refractivity contribution is 6.33. The molecule has 27 heavy (non-hydrogen) atoms. The fourth-order valence-electron chi connectivity index (χ4n) is 4.25. The Kier molecular flexibility index (Phi) is 5.96. The monoisotopic (exact) mass is 393 g/mol. The summed E-state index contributed by atoms with van der Waals surface area (Å²) in [6.07, 6.45) is 5.18. The summed E-state index contributed by atoms with van der Waals surface area (Å²) in [5.41, 5.74) is 6.72. The number of anilines is 1. The van der Waals surface area contributed by atoms with Crippen LogP contribution >= 0.6 is 11.6 Å². The summed E-state index contributed by atoms with van der Waals surface area (Å²) in [6.45, 7) is 6.02. The summed E-state index contributed by atoms with van der Waals surface area (Å²) >= 11 is 6.10. The molecule has 1 amide bonds. The zero-order chi connectivity index (χ0) is 19.6. The van der Waals surface area contributed by atoms with Gasteiger partial charge >= 0.3 is 0 Å². The second-order valence-electron chi connectivity index (χ2n) is 7.67. The predicted octanol–water partition coefficient (Wildman–Crippen LogP) is 3.03. The summed E-state index contributed by atoms with van der Waals surface area (Å²) in [7, 11) is 0. The van der Waals surface area contributed by atoms with Gasteiger partial charge in [0, 0.05) is 18.2 Å². The number of amides is 1. The van der Waals surface area contributed by atoms with Gasteiger partial charge in [0.05, 0.1) is 16.3 Å². The van der Waals surface area contributed by atoms with Gasteiger partial charge in [0.25, 0.3) is 5.91 Å². The van der Waals surface area contributed by atoms with Crippen LogP contribution < -0.4 is 15.8 Å². The molecule has 1 unspecified atom stereocenters. The van der Waals surface area contributed by atoms with Crippen molar-refractivity contribution in [2.24, 2.45) is 0 Å². The van der Waals surface area contributed by atoms with Gasteiger partial charge in [-0.05, 0) is 65.1 Å². The molecule has 0 saturated carbocycles. The van der Waals surface area contributed by atoms with Crippen LogP contribution in [0.3, 0.4) is 0 Å². The first-order valence-corrected chi connectivity index (χ1v) is 9.99. The van der Waals surface area contributed by atoms with Crippen molar-refractivity contribution in [2.45, 2.75) is 57.6 Å². The molecule has 1 aromatic rings. The average Bonchev–Trinajstić information content (AvgIpc) is 3.17. The van der Waals surface area contributed by atoms with Crippen LogP contribution in [0.5, 0.6) is 5.75 Å². The Morgan fingerprint density at radius 3 is 2.63 bits per heavy atom. The third-order valence-corrected chi connectivity index (χ3v) is 6.23. The number of halogens is 1. The number of hydrogen-bond donors (Lipinski definition) is 2. The molecule has 2 aliphatic heterocycles. The van der Waals surface area contributed by atoms with Crippen molar-refractivity contribution in [3.63, 3.8) is 0 Å². The number of fused-ring (bicyclic) bond motifs is 1. The zero-order valence-electron chi connectivity index (χ0n) is 16.0. The molecular formula is C20H28ClN3O3. The number of nitrogens with zero attached hydrogens (tertiary/aromatic N) is 1. The normalized spacial score (nSPS) is 19.5. The molecule has 3 N–H and O–H groups in total. The molecule has 2 saturated heterocycles. The Morgan fingerprint density at radius 1 is 1.33 bits per heavy atom. The summed E-state index contributed by atoms with van der Waals surface area (Å²) < 4.78 is 5.65. The highest BCUT2D eigenvalue weighted by atomic mass is 35.5. The molecular weight excluding hydrogens is 366 g/mol. The van der Waals surface area contributed by atoms with Crippen molar-refractivity contribution in [3.8, 4) is 5.75 Å². The number of nitrogens with one attached hydrogen (secondary N) is 1. The van der Waals surface area contributed by atoms with Crippen LogP contribution in [0.25, 0.3) is 0 Å². The first kappa shape index (κ1) is 20.0. The van der Waals surface area contributed by atoms with Gasteiger partial charge in [-0.3, -0.25) is 14.5 Å². The number of carbonyl (C=O) groups is 2. The first-order valence-electron chi connectivity index (χ1n) is 9.62. The molecule has 3 rings (SSSR count). The van der Waals surface area contributed by atoms with Gasteiger partial charge in [0.1, 0.15) is 5.75 Å². The van der Waals surface area contributed by atoms with E-state index in [1.54, 1.807) is 6.92 Å². The van der Waals surface area contributed by atoms with Crippen LogP contribution in [-0.4, -0.2) is 47.9 Å². The van der Waals surface area contributed by atoms with Crippen LogP contribution in [0.15, 0.2) is 12.1 Å². The Labute approximate surface area is 165 Å². The van der Waals surface area contributed by atoms with Gasteiger partial charge in [-0.2, -0.15) is 0 Å². The molecule has 1 aromatic carbocycles. The number of ether oxygens (including phenoxy) is 1. The number of carbonyl (C=O) groups excluding carboxylic acids is 2. The maximum Gasteiger partial charge on any atom is 0.255 e. The van der Waals surface area contributed by atoms with Gasteiger partial charge in [-0.15, -0.1) is 0 Å². The lowest BCUT2D eigenvalue weighted by Crippen LogP contribution is -2.41. The van der Waals surface area contributed by atoms with E-state index in [-0.39, 0.29) is 23.0 Å². The van der Waals surface area contributed by atoms with Crippen molar-refractivity contribution < 1.29 is 14.3 Å². The molecule has 0 aliphatic carbocycles. The summed E-state index contributed by atoms with van der Waals surface area (Å²) in [6, 6.07) is 3.01. The lowest BCUT2D eigenvalue weighted by Gasteiger charge is -2.32. The van der Waals surface area contributed by atoms with E-state index < -0.39 is 6.10 Å². The van der Waals surface area contributed by atoms with E-state index in [2.05, 4.69) is 10.2 Å². The van der Waals surface area contributed by atoms with Crippen LogP contribution in [0.1, 0.15) is 56.3 Å². The maximum atomic E-state index is 12.8. The van der Waals surface area contributed by atoms with E-state index in [0.717, 1.165) is 6.42 Å². The van der Waals surface area contributed by atoms with Gasteiger partial charge in [0.2, 0.25) is 0 Å². The third-order valence-electron chi connectivity index (χ3n) is 5.91. The van der Waals surface area contributed by atoms with E-state index in [1.165, 1.54) is 57.8 Å². The van der Waals surface area contributed by atoms with Gasteiger partial charge in [0.15, 0.2) is 11.9 Å². The molecule has 0 bridgehead atoms. The lowest BCUT2D eigenvalue weighted by molar-refractivity contribution is -0.122. The first-order chi connectivity index (χ1) is 12.8. The quantitative estimate of drug-likeness (QED) is 0.695. The van der Waals surface area contributed by atoms with Crippen molar-refractivity contribution in [3.05, 3.63) is 22.7 Å². The second kappa shape index (κ2) is 8.07. The summed E-state index contributed by atoms with van der Waals surface area (Å²) in [5.74, 6) is -0.114. The van der Waals surface area contributed by atoms with E-state index >= 15 is 0 Å². The highest BCUT2D eigenvalue weighted by Crippen LogP contribution is 2.41. The number of nitrogen functional groups attached to an aromatic ring is 1. The van der Waals surface area contributed by atoms with Crippen LogP contribution in [0.4, 0.5) is 5.69 Å². The zero-order valence-corrected chi connectivity index (χ0v) is 16.8. The SMILES string of the molecule is CC(=O)C(C)Oc1cc(N)c(Cl)cc1C(=O)NCCC12CCCN1CCC2. The van der Waals surface area contributed by atoms with E-state index in [0.29, 0.717) is 22.8 Å². The number of benzene rings is 1. The number of ketones is 1. The van der Waals surface area contributed by atoms with Gasteiger partial charge in [-0.25, -0.2) is 0 Å². The molecule has 0 spiro atoms. The minimum Gasteiger partial charge on any atom is -0.482 e. The molecule has 7 heteroatoms. The molecule has 2 fully saturated rings. The summed E-state index contributed by atoms with van der Waals surface area (Å²) in [4.78, 5) is 26.8. The molecule has 0 aromatic heterocycles. The van der Waals surface area contributed by atoms with E-state index in [9.17, 15) is 9.59 Å². The van der Waals surface area contributed by atoms with Crippen molar-refractivity contribution in [2.75, 3.05) is 25.4 Å².